The average molecular weight is 361 g/mol. The molecule has 1 heterocycles. The summed E-state index contributed by atoms with van der Waals surface area (Å²) >= 11 is 0. The van der Waals surface area contributed by atoms with Crippen molar-refractivity contribution in [1.29, 1.82) is 0 Å². The van der Waals surface area contributed by atoms with Crippen LogP contribution in [0.5, 0.6) is 0 Å². The number of benzene rings is 2. The van der Waals surface area contributed by atoms with Gasteiger partial charge in [0.2, 0.25) is 0 Å². The Morgan fingerprint density at radius 2 is 1.74 bits per heavy atom. The third kappa shape index (κ3) is 3.97. The number of carbonyl (C=O) groups excluding carboxylic acids is 2. The molecule has 0 saturated carbocycles. The first kappa shape index (κ1) is 18.6. The highest BCUT2D eigenvalue weighted by Gasteiger charge is 2.16. The standard InChI is InChI=1S/C22H23N3O2/c1-14-5-10-20-18(11-14)12-19(15(2)24-20)22(27)25(4)13-16-6-8-17(9-7-16)21(26)23-3/h5-12H,13H2,1-4H3,(H,23,26). The molecule has 5 nitrogen and oxygen atoms in total. The molecule has 0 fully saturated rings. The van der Waals surface area contributed by atoms with Crippen molar-refractivity contribution in [2.75, 3.05) is 14.1 Å². The Labute approximate surface area is 159 Å². The zero-order chi connectivity index (χ0) is 19.6. The minimum absolute atomic E-state index is 0.0706. The van der Waals surface area contributed by atoms with E-state index in [1.807, 2.05) is 50.2 Å². The third-order valence-electron chi connectivity index (χ3n) is 4.60. The second-order valence-corrected chi connectivity index (χ2v) is 6.75. The van der Waals surface area contributed by atoms with Crippen molar-refractivity contribution < 1.29 is 9.59 Å². The molecule has 0 unspecified atom stereocenters. The number of nitrogens with zero attached hydrogens (tertiary/aromatic N) is 2. The van der Waals surface area contributed by atoms with E-state index in [2.05, 4.69) is 10.3 Å². The molecular weight excluding hydrogens is 338 g/mol. The van der Waals surface area contributed by atoms with Gasteiger partial charge in [-0.25, -0.2) is 0 Å². The molecule has 0 bridgehead atoms. The zero-order valence-corrected chi connectivity index (χ0v) is 16.0. The van der Waals surface area contributed by atoms with Crippen LogP contribution < -0.4 is 5.32 Å². The Hall–Kier alpha value is -3.21. The molecule has 0 aliphatic heterocycles. The first-order valence-corrected chi connectivity index (χ1v) is 8.83. The van der Waals surface area contributed by atoms with Crippen LogP contribution in [-0.2, 0) is 6.54 Å². The van der Waals surface area contributed by atoms with Gasteiger partial charge in [-0.1, -0.05) is 23.8 Å². The van der Waals surface area contributed by atoms with Crippen LogP contribution in [0.15, 0.2) is 48.5 Å². The van der Waals surface area contributed by atoms with Gasteiger partial charge in [-0.2, -0.15) is 0 Å². The van der Waals surface area contributed by atoms with Crippen LogP contribution in [0.25, 0.3) is 10.9 Å². The molecule has 0 saturated heterocycles. The van der Waals surface area contributed by atoms with Crippen molar-refractivity contribution in [3.05, 3.63) is 76.5 Å². The van der Waals surface area contributed by atoms with Crippen molar-refractivity contribution >= 4 is 22.7 Å². The van der Waals surface area contributed by atoms with E-state index >= 15 is 0 Å². The predicted molar refractivity (Wildman–Crippen MR) is 107 cm³/mol. The van der Waals surface area contributed by atoms with Gasteiger partial charge in [0.05, 0.1) is 16.8 Å². The van der Waals surface area contributed by atoms with Crippen LogP contribution in [0.3, 0.4) is 0 Å². The largest absolute Gasteiger partial charge is 0.355 e. The number of fused-ring (bicyclic) bond motifs is 1. The van der Waals surface area contributed by atoms with E-state index in [1.54, 1.807) is 31.1 Å². The summed E-state index contributed by atoms with van der Waals surface area (Å²) in [5.41, 5.74) is 4.91. The van der Waals surface area contributed by atoms with E-state index in [0.717, 1.165) is 27.7 Å². The summed E-state index contributed by atoms with van der Waals surface area (Å²) in [5.74, 6) is -0.196. The Morgan fingerprint density at radius 3 is 2.41 bits per heavy atom. The molecule has 0 atom stereocenters. The average Bonchev–Trinajstić information content (AvgIpc) is 2.67. The van der Waals surface area contributed by atoms with E-state index in [0.29, 0.717) is 17.7 Å². The van der Waals surface area contributed by atoms with Crippen LogP contribution in [0, 0.1) is 13.8 Å². The molecule has 0 aliphatic carbocycles. The maximum Gasteiger partial charge on any atom is 0.255 e. The molecule has 3 rings (SSSR count). The highest BCUT2D eigenvalue weighted by Crippen LogP contribution is 2.20. The quantitative estimate of drug-likeness (QED) is 0.774. The molecule has 27 heavy (non-hydrogen) atoms. The lowest BCUT2D eigenvalue weighted by molar-refractivity contribution is 0.0783. The number of amides is 2. The van der Waals surface area contributed by atoms with E-state index < -0.39 is 0 Å². The van der Waals surface area contributed by atoms with Gasteiger partial charge in [0, 0.05) is 31.6 Å². The second kappa shape index (κ2) is 7.58. The normalized spacial score (nSPS) is 10.7. The molecule has 138 valence electrons. The summed E-state index contributed by atoms with van der Waals surface area (Å²) in [4.78, 5) is 30.8. The summed E-state index contributed by atoms with van der Waals surface area (Å²) in [6.45, 7) is 4.34. The van der Waals surface area contributed by atoms with E-state index in [9.17, 15) is 9.59 Å². The molecule has 0 spiro atoms. The maximum atomic E-state index is 12.9. The van der Waals surface area contributed by atoms with Gasteiger partial charge in [-0.15, -0.1) is 0 Å². The summed E-state index contributed by atoms with van der Waals surface area (Å²) in [7, 11) is 3.37. The lowest BCUT2D eigenvalue weighted by Crippen LogP contribution is -2.27. The fourth-order valence-corrected chi connectivity index (χ4v) is 3.07. The van der Waals surface area contributed by atoms with Gasteiger partial charge in [0.15, 0.2) is 0 Å². The van der Waals surface area contributed by atoms with Crippen molar-refractivity contribution in [2.24, 2.45) is 0 Å². The summed E-state index contributed by atoms with van der Waals surface area (Å²) in [5, 5.41) is 3.56. The van der Waals surface area contributed by atoms with Crippen LogP contribution in [0.4, 0.5) is 0 Å². The van der Waals surface area contributed by atoms with Crippen molar-refractivity contribution in [1.82, 2.24) is 15.2 Å². The number of hydrogen-bond donors (Lipinski definition) is 1. The first-order chi connectivity index (χ1) is 12.9. The van der Waals surface area contributed by atoms with Crippen LogP contribution >= 0.6 is 0 Å². The molecule has 0 radical (unpaired) electrons. The monoisotopic (exact) mass is 361 g/mol. The predicted octanol–water partition coefficient (Wildman–Crippen LogP) is 3.48. The lowest BCUT2D eigenvalue weighted by atomic mass is 10.1. The minimum atomic E-state index is -0.126. The molecule has 1 aromatic heterocycles. The number of rotatable bonds is 4. The number of hydrogen-bond acceptors (Lipinski definition) is 3. The van der Waals surface area contributed by atoms with E-state index in [-0.39, 0.29) is 11.8 Å². The van der Waals surface area contributed by atoms with Crippen molar-refractivity contribution in [3.8, 4) is 0 Å². The minimum Gasteiger partial charge on any atom is -0.355 e. The van der Waals surface area contributed by atoms with Gasteiger partial charge >= 0.3 is 0 Å². The van der Waals surface area contributed by atoms with Crippen LogP contribution in [-0.4, -0.2) is 35.8 Å². The van der Waals surface area contributed by atoms with Gasteiger partial charge < -0.3 is 10.2 Å². The second-order valence-electron chi connectivity index (χ2n) is 6.75. The Bertz CT molecular complexity index is 1010. The maximum absolute atomic E-state index is 12.9. The Morgan fingerprint density at radius 1 is 1.04 bits per heavy atom. The highest BCUT2D eigenvalue weighted by atomic mass is 16.2. The fourth-order valence-electron chi connectivity index (χ4n) is 3.07. The molecule has 1 N–H and O–H groups in total. The van der Waals surface area contributed by atoms with Crippen molar-refractivity contribution in [3.63, 3.8) is 0 Å². The number of aromatic nitrogens is 1. The topological polar surface area (TPSA) is 62.3 Å². The summed E-state index contributed by atoms with van der Waals surface area (Å²) in [6, 6.07) is 15.2. The number of aryl methyl sites for hydroxylation is 2. The highest BCUT2D eigenvalue weighted by molar-refractivity contribution is 5.98. The molecule has 2 amide bonds. The lowest BCUT2D eigenvalue weighted by Gasteiger charge is -2.19. The Balaban J connectivity index is 1.81. The fraction of sp³-hybridized carbons (Fsp3) is 0.227. The molecule has 2 aromatic carbocycles. The molecular formula is C22H23N3O2. The van der Waals surface area contributed by atoms with Crippen LogP contribution in [0.1, 0.15) is 37.5 Å². The number of pyridine rings is 1. The summed E-state index contributed by atoms with van der Waals surface area (Å²) in [6.07, 6.45) is 0. The van der Waals surface area contributed by atoms with E-state index in [1.165, 1.54) is 0 Å². The van der Waals surface area contributed by atoms with Crippen LogP contribution in [0.2, 0.25) is 0 Å². The van der Waals surface area contributed by atoms with Gasteiger partial charge in [-0.05, 0) is 49.7 Å². The number of nitrogens with one attached hydrogen (secondary N) is 1. The summed E-state index contributed by atoms with van der Waals surface area (Å²) < 4.78 is 0. The molecule has 3 aromatic rings. The SMILES string of the molecule is CNC(=O)c1ccc(CN(C)C(=O)c2cc3cc(C)ccc3nc2C)cc1. The van der Waals surface area contributed by atoms with E-state index in [4.69, 9.17) is 0 Å². The third-order valence-corrected chi connectivity index (χ3v) is 4.60. The van der Waals surface area contributed by atoms with Crippen molar-refractivity contribution in [2.45, 2.75) is 20.4 Å². The van der Waals surface area contributed by atoms with Gasteiger partial charge in [-0.3, -0.25) is 14.6 Å². The molecule has 0 aliphatic rings. The first-order valence-electron chi connectivity index (χ1n) is 8.83. The molecule has 5 heteroatoms. The number of carbonyl (C=O) groups is 2. The zero-order valence-electron chi connectivity index (χ0n) is 16.0. The van der Waals surface area contributed by atoms with Gasteiger partial charge in [0.25, 0.3) is 11.8 Å². The van der Waals surface area contributed by atoms with Gasteiger partial charge in [0.1, 0.15) is 0 Å². The Kier molecular flexibility index (Phi) is 5.21. The smallest absolute Gasteiger partial charge is 0.255 e.